The number of benzene rings is 3. The van der Waals surface area contributed by atoms with E-state index in [9.17, 15) is 14.4 Å². The van der Waals surface area contributed by atoms with Gasteiger partial charge in [0.2, 0.25) is 5.76 Å². The summed E-state index contributed by atoms with van der Waals surface area (Å²) in [5.41, 5.74) is 0.799. The SMILES string of the molecule is Cc1ccc2oc3c(c(=O)c2c1)C1(C(=O)N(Cc2ccccc2Cl)c2ccccc21)N(c1nccs1)C3=O. The Bertz CT molecular complexity index is 1870. The Labute approximate surface area is 225 Å². The number of carbonyl (C=O) groups is 2. The van der Waals surface area contributed by atoms with Crippen molar-refractivity contribution in [1.82, 2.24) is 4.98 Å². The summed E-state index contributed by atoms with van der Waals surface area (Å²) in [4.78, 5) is 50.3. The molecule has 2 aliphatic rings. The molecule has 0 saturated carbocycles. The van der Waals surface area contributed by atoms with E-state index in [1.807, 2.05) is 43.3 Å². The highest BCUT2D eigenvalue weighted by atomic mass is 35.5. The minimum atomic E-state index is -1.78. The van der Waals surface area contributed by atoms with Crippen LogP contribution in [0.25, 0.3) is 11.0 Å². The van der Waals surface area contributed by atoms with Crippen LogP contribution in [-0.2, 0) is 16.9 Å². The number of hydrogen-bond donors (Lipinski definition) is 0. The standard InChI is InChI=1S/C29H18ClN3O4S/c1-16-10-11-22-18(14-16)24(34)23-25(37-22)26(35)33(28-31-12-13-38-28)29(23)19-7-3-5-9-21(19)32(27(29)36)15-17-6-2-4-8-20(17)30/h2-14H,15H2,1H3. The van der Waals surface area contributed by atoms with E-state index < -0.39 is 22.8 Å². The number of hydrogen-bond acceptors (Lipinski definition) is 6. The largest absolute Gasteiger partial charge is 0.450 e. The molecule has 9 heteroatoms. The summed E-state index contributed by atoms with van der Waals surface area (Å²) in [5, 5.41) is 2.84. The second kappa shape index (κ2) is 8.11. The molecular formula is C29H18ClN3O4S. The Kier molecular flexibility index (Phi) is 4.89. The molecular weight excluding hydrogens is 522 g/mol. The minimum absolute atomic E-state index is 0.00917. The molecule has 0 bridgehead atoms. The summed E-state index contributed by atoms with van der Waals surface area (Å²) in [5.74, 6) is -1.18. The highest BCUT2D eigenvalue weighted by Crippen LogP contribution is 2.54. The zero-order valence-corrected chi connectivity index (χ0v) is 21.5. The molecule has 0 aliphatic carbocycles. The zero-order chi connectivity index (χ0) is 26.2. The molecule has 0 N–H and O–H groups in total. The van der Waals surface area contributed by atoms with Crippen LogP contribution in [0.15, 0.2) is 87.5 Å². The molecule has 7 rings (SSSR count). The Balaban J connectivity index is 1.57. The Morgan fingerprint density at radius 3 is 2.61 bits per heavy atom. The van der Waals surface area contributed by atoms with E-state index >= 15 is 0 Å². The van der Waals surface area contributed by atoms with Gasteiger partial charge in [0, 0.05) is 22.2 Å². The first-order valence-electron chi connectivity index (χ1n) is 11.9. The lowest BCUT2D eigenvalue weighted by atomic mass is 9.84. The molecule has 2 aromatic heterocycles. The first-order chi connectivity index (χ1) is 18.4. The number of fused-ring (bicyclic) bond motifs is 5. The Morgan fingerprint density at radius 1 is 1.03 bits per heavy atom. The molecule has 7 nitrogen and oxygen atoms in total. The van der Waals surface area contributed by atoms with Crippen LogP contribution in [-0.4, -0.2) is 16.8 Å². The molecule has 186 valence electrons. The van der Waals surface area contributed by atoms with Crippen molar-refractivity contribution >= 4 is 56.5 Å². The lowest BCUT2D eigenvalue weighted by Crippen LogP contribution is -2.53. The van der Waals surface area contributed by atoms with Crippen LogP contribution in [0.5, 0.6) is 0 Å². The van der Waals surface area contributed by atoms with E-state index in [0.717, 1.165) is 11.1 Å². The van der Waals surface area contributed by atoms with Crippen molar-refractivity contribution in [1.29, 1.82) is 0 Å². The molecule has 0 saturated heterocycles. The number of carbonyl (C=O) groups excluding carboxylic acids is 2. The lowest BCUT2D eigenvalue weighted by Gasteiger charge is -2.32. The predicted octanol–water partition coefficient (Wildman–Crippen LogP) is 5.66. The number of para-hydroxylation sites is 1. The second-order valence-corrected chi connectivity index (χ2v) is 10.6. The van der Waals surface area contributed by atoms with Crippen LogP contribution < -0.4 is 15.2 Å². The molecule has 3 aromatic carbocycles. The maximum atomic E-state index is 14.8. The van der Waals surface area contributed by atoms with Crippen molar-refractivity contribution in [3.63, 3.8) is 0 Å². The van der Waals surface area contributed by atoms with Crippen molar-refractivity contribution in [3.8, 4) is 0 Å². The van der Waals surface area contributed by atoms with Gasteiger partial charge < -0.3 is 9.32 Å². The lowest BCUT2D eigenvalue weighted by molar-refractivity contribution is -0.121. The van der Waals surface area contributed by atoms with Crippen LogP contribution in [0.4, 0.5) is 10.8 Å². The van der Waals surface area contributed by atoms with Crippen LogP contribution >= 0.6 is 22.9 Å². The van der Waals surface area contributed by atoms with Gasteiger partial charge in [0.1, 0.15) is 5.58 Å². The Hall–Kier alpha value is -4.27. The van der Waals surface area contributed by atoms with Crippen molar-refractivity contribution in [2.75, 3.05) is 9.80 Å². The first kappa shape index (κ1) is 22.9. The van der Waals surface area contributed by atoms with Crippen molar-refractivity contribution in [2.45, 2.75) is 19.0 Å². The molecule has 2 aliphatic heterocycles. The molecule has 5 aromatic rings. The van der Waals surface area contributed by atoms with Crippen LogP contribution in [0.2, 0.25) is 5.02 Å². The number of rotatable bonds is 3. The van der Waals surface area contributed by atoms with E-state index in [1.165, 1.54) is 16.2 Å². The number of aromatic nitrogens is 1. The fourth-order valence-corrected chi connectivity index (χ4v) is 6.44. The summed E-state index contributed by atoms with van der Waals surface area (Å²) in [6, 6.07) is 19.7. The maximum Gasteiger partial charge on any atom is 0.297 e. The Morgan fingerprint density at radius 2 is 1.82 bits per heavy atom. The van der Waals surface area contributed by atoms with E-state index in [1.54, 1.807) is 46.8 Å². The van der Waals surface area contributed by atoms with Gasteiger partial charge in [0.25, 0.3) is 11.8 Å². The topological polar surface area (TPSA) is 83.7 Å². The van der Waals surface area contributed by atoms with Crippen LogP contribution in [0.3, 0.4) is 0 Å². The fraction of sp³-hybridized carbons (Fsp3) is 0.103. The summed E-state index contributed by atoms with van der Waals surface area (Å²) < 4.78 is 6.10. The number of thiazole rings is 1. The predicted molar refractivity (Wildman–Crippen MR) is 146 cm³/mol. The number of anilines is 2. The summed E-state index contributed by atoms with van der Waals surface area (Å²) >= 11 is 7.68. The highest BCUT2D eigenvalue weighted by molar-refractivity contribution is 7.13. The minimum Gasteiger partial charge on any atom is -0.450 e. The second-order valence-electron chi connectivity index (χ2n) is 9.30. The third-order valence-electron chi connectivity index (χ3n) is 7.18. The van der Waals surface area contributed by atoms with Crippen molar-refractivity contribution < 1.29 is 14.0 Å². The fourth-order valence-electron chi connectivity index (χ4n) is 5.56. The van der Waals surface area contributed by atoms with Gasteiger partial charge in [-0.15, -0.1) is 11.3 Å². The molecule has 38 heavy (non-hydrogen) atoms. The first-order valence-corrected chi connectivity index (χ1v) is 13.2. The molecule has 4 heterocycles. The maximum absolute atomic E-state index is 14.8. The number of halogens is 1. The van der Waals surface area contributed by atoms with E-state index in [4.69, 9.17) is 16.0 Å². The summed E-state index contributed by atoms with van der Waals surface area (Å²) in [6.07, 6.45) is 1.56. The molecule has 0 radical (unpaired) electrons. The number of amides is 2. The van der Waals surface area contributed by atoms with Gasteiger partial charge in [-0.1, -0.05) is 59.6 Å². The molecule has 1 spiro atoms. The van der Waals surface area contributed by atoms with Gasteiger partial charge in [-0.2, -0.15) is 0 Å². The van der Waals surface area contributed by atoms with E-state index in [2.05, 4.69) is 4.98 Å². The number of aryl methyl sites for hydroxylation is 1. The van der Waals surface area contributed by atoms with Crippen molar-refractivity contribution in [3.05, 3.63) is 122 Å². The molecule has 0 fully saturated rings. The third-order valence-corrected chi connectivity index (χ3v) is 8.30. The highest BCUT2D eigenvalue weighted by Gasteiger charge is 2.66. The van der Waals surface area contributed by atoms with Crippen molar-refractivity contribution in [2.24, 2.45) is 0 Å². The van der Waals surface area contributed by atoms with Gasteiger partial charge in [0.05, 0.1) is 23.2 Å². The third kappa shape index (κ3) is 2.90. The normalized spacial score (nSPS) is 18.1. The molecule has 1 atom stereocenters. The average molecular weight is 540 g/mol. The van der Waals surface area contributed by atoms with Gasteiger partial charge in [-0.3, -0.25) is 19.3 Å². The van der Waals surface area contributed by atoms with Gasteiger partial charge in [-0.05, 0) is 36.8 Å². The van der Waals surface area contributed by atoms with Crippen LogP contribution in [0.1, 0.15) is 32.8 Å². The quantitative estimate of drug-likeness (QED) is 0.295. The average Bonchev–Trinajstić information content (AvgIpc) is 3.59. The van der Waals surface area contributed by atoms with Crippen LogP contribution in [0, 0.1) is 6.92 Å². The smallest absolute Gasteiger partial charge is 0.297 e. The zero-order valence-electron chi connectivity index (χ0n) is 20.0. The summed E-state index contributed by atoms with van der Waals surface area (Å²) in [7, 11) is 0. The van der Waals surface area contributed by atoms with E-state index in [-0.39, 0.29) is 23.5 Å². The monoisotopic (exact) mass is 539 g/mol. The molecule has 1 unspecified atom stereocenters. The van der Waals surface area contributed by atoms with Gasteiger partial charge in [-0.25, -0.2) is 4.98 Å². The summed E-state index contributed by atoms with van der Waals surface area (Å²) in [6.45, 7) is 2.03. The number of nitrogens with zero attached hydrogens (tertiary/aromatic N) is 3. The molecule has 2 amide bonds. The van der Waals surface area contributed by atoms with E-state index in [0.29, 0.717) is 26.8 Å². The van der Waals surface area contributed by atoms with Gasteiger partial charge in [0.15, 0.2) is 16.1 Å². The van der Waals surface area contributed by atoms with Gasteiger partial charge >= 0.3 is 0 Å².